The van der Waals surface area contributed by atoms with Crippen LogP contribution in [0.25, 0.3) is 10.9 Å². The first-order valence-electron chi connectivity index (χ1n) is 8.85. The van der Waals surface area contributed by atoms with E-state index in [2.05, 4.69) is 0 Å². The number of hydrogen-bond donors (Lipinski definition) is 2. The van der Waals surface area contributed by atoms with Crippen molar-refractivity contribution < 1.29 is 19.7 Å². The average molecular weight is 346 g/mol. The zero-order chi connectivity index (χ0) is 17.8. The summed E-state index contributed by atoms with van der Waals surface area (Å²) in [4.78, 5) is 14.6. The molecule has 6 nitrogen and oxygen atoms in total. The Kier molecular flexibility index (Phi) is 5.73. The second kappa shape index (κ2) is 7.99. The van der Waals surface area contributed by atoms with Gasteiger partial charge in [-0.1, -0.05) is 25.1 Å². The average Bonchev–Trinajstić information content (AvgIpc) is 3.01. The number of aliphatic hydroxyl groups excluding tert-OH is 2. The van der Waals surface area contributed by atoms with E-state index in [1.807, 2.05) is 48.0 Å². The molecule has 2 heterocycles. The normalized spacial score (nSPS) is 23.7. The van der Waals surface area contributed by atoms with Crippen LogP contribution in [0.15, 0.2) is 36.5 Å². The van der Waals surface area contributed by atoms with Crippen LogP contribution in [0.1, 0.15) is 13.3 Å². The van der Waals surface area contributed by atoms with Crippen molar-refractivity contribution in [1.29, 1.82) is 0 Å². The van der Waals surface area contributed by atoms with E-state index in [4.69, 9.17) is 4.74 Å². The topological polar surface area (TPSA) is 74.9 Å². The number of carbonyl (C=O) groups is 1. The van der Waals surface area contributed by atoms with Gasteiger partial charge < -0.3 is 24.4 Å². The fourth-order valence-electron chi connectivity index (χ4n) is 3.41. The minimum Gasteiger partial charge on any atom is -0.390 e. The summed E-state index contributed by atoms with van der Waals surface area (Å²) in [6.45, 7) is 3.81. The smallest absolute Gasteiger partial charge is 0.242 e. The Hall–Kier alpha value is -1.89. The fraction of sp³-hybridized carbons (Fsp3) is 0.526. The molecule has 3 atom stereocenters. The van der Waals surface area contributed by atoms with Crippen LogP contribution in [0.5, 0.6) is 0 Å². The number of hydrogen-bond acceptors (Lipinski definition) is 4. The third-order valence-electron chi connectivity index (χ3n) is 4.78. The summed E-state index contributed by atoms with van der Waals surface area (Å²) in [5.41, 5.74) is 1.03. The Balaban J connectivity index is 1.70. The van der Waals surface area contributed by atoms with Crippen LogP contribution < -0.4 is 0 Å². The molecular formula is C19H26N2O4. The van der Waals surface area contributed by atoms with Crippen LogP contribution in [0.3, 0.4) is 0 Å². The van der Waals surface area contributed by atoms with Gasteiger partial charge in [-0.2, -0.15) is 0 Å². The first kappa shape index (κ1) is 17.9. The lowest BCUT2D eigenvalue weighted by Crippen LogP contribution is -2.50. The minimum atomic E-state index is -0.884. The molecule has 0 spiro atoms. The predicted octanol–water partition coefficient (Wildman–Crippen LogP) is 1.25. The van der Waals surface area contributed by atoms with Gasteiger partial charge >= 0.3 is 0 Å². The zero-order valence-corrected chi connectivity index (χ0v) is 14.5. The molecule has 1 fully saturated rings. The van der Waals surface area contributed by atoms with Crippen molar-refractivity contribution in [3.8, 4) is 0 Å². The van der Waals surface area contributed by atoms with Gasteiger partial charge in [0, 0.05) is 30.7 Å². The summed E-state index contributed by atoms with van der Waals surface area (Å²) in [6, 6.07) is 9.97. The van der Waals surface area contributed by atoms with Crippen molar-refractivity contribution in [2.24, 2.45) is 5.92 Å². The molecule has 1 aliphatic heterocycles. The number of aliphatic hydroxyl groups is 2. The number of para-hydroxylation sites is 1. The molecule has 2 aromatic rings. The van der Waals surface area contributed by atoms with E-state index in [9.17, 15) is 15.0 Å². The molecule has 1 aromatic heterocycles. The number of benzene rings is 1. The molecule has 0 aliphatic carbocycles. The van der Waals surface area contributed by atoms with E-state index in [1.165, 1.54) is 0 Å². The number of ether oxygens (including phenoxy) is 1. The number of carbonyl (C=O) groups excluding carboxylic acids is 1. The lowest BCUT2D eigenvalue weighted by Gasteiger charge is -2.35. The van der Waals surface area contributed by atoms with Crippen molar-refractivity contribution >= 4 is 16.8 Å². The Bertz CT molecular complexity index is 714. The lowest BCUT2D eigenvalue weighted by molar-refractivity contribution is -0.142. The second-order valence-corrected chi connectivity index (χ2v) is 6.70. The van der Waals surface area contributed by atoms with Gasteiger partial charge in [0.15, 0.2) is 0 Å². The highest BCUT2D eigenvalue weighted by Crippen LogP contribution is 2.19. The summed E-state index contributed by atoms with van der Waals surface area (Å²) in [6.07, 6.45) is 1.03. The van der Waals surface area contributed by atoms with Crippen LogP contribution >= 0.6 is 0 Å². The largest absolute Gasteiger partial charge is 0.390 e. The molecule has 2 N–H and O–H groups in total. The molecule has 3 rings (SSSR count). The lowest BCUT2D eigenvalue weighted by atomic mass is 9.96. The van der Waals surface area contributed by atoms with Crippen molar-refractivity contribution in [3.63, 3.8) is 0 Å². The van der Waals surface area contributed by atoms with E-state index in [-0.39, 0.29) is 25.0 Å². The summed E-state index contributed by atoms with van der Waals surface area (Å²) in [5.74, 6) is -0.254. The highest BCUT2D eigenvalue weighted by molar-refractivity contribution is 5.83. The molecule has 0 bridgehead atoms. The number of aromatic nitrogens is 1. The van der Waals surface area contributed by atoms with Gasteiger partial charge in [-0.15, -0.1) is 0 Å². The maximum absolute atomic E-state index is 12.8. The van der Waals surface area contributed by atoms with E-state index in [0.29, 0.717) is 19.7 Å². The molecule has 136 valence electrons. The van der Waals surface area contributed by atoms with Crippen LogP contribution in [-0.2, 0) is 16.1 Å². The molecule has 1 aliphatic rings. The quantitative estimate of drug-likeness (QED) is 0.825. The van der Waals surface area contributed by atoms with Crippen molar-refractivity contribution in [2.75, 3.05) is 26.3 Å². The van der Waals surface area contributed by atoms with Gasteiger partial charge in [0.05, 0.1) is 19.3 Å². The summed E-state index contributed by atoms with van der Waals surface area (Å²) >= 11 is 0. The standard InChI is InChI=1S/C19H26N2O4/c1-2-8-21(10-15-12-25-13-17(22)19(15)24)18(23)11-20-9-7-14-5-3-4-6-16(14)20/h3-7,9,15,17,19,22,24H,2,8,10-13H2,1H3/t15-,17-,19+/m1/s1. The summed E-state index contributed by atoms with van der Waals surface area (Å²) in [5, 5.41) is 21.0. The molecule has 6 heteroatoms. The Morgan fingerprint density at radius 1 is 1.28 bits per heavy atom. The van der Waals surface area contributed by atoms with E-state index >= 15 is 0 Å². The van der Waals surface area contributed by atoms with Crippen LogP contribution in [0.4, 0.5) is 0 Å². The molecular weight excluding hydrogens is 320 g/mol. The minimum absolute atomic E-state index is 0.00969. The van der Waals surface area contributed by atoms with Gasteiger partial charge in [-0.3, -0.25) is 4.79 Å². The number of fused-ring (bicyclic) bond motifs is 1. The molecule has 1 amide bonds. The summed E-state index contributed by atoms with van der Waals surface area (Å²) in [7, 11) is 0. The first-order valence-corrected chi connectivity index (χ1v) is 8.85. The molecule has 0 radical (unpaired) electrons. The van der Waals surface area contributed by atoms with Crippen molar-refractivity contribution in [3.05, 3.63) is 36.5 Å². The number of amides is 1. The summed E-state index contributed by atoms with van der Waals surface area (Å²) < 4.78 is 7.28. The maximum atomic E-state index is 12.8. The molecule has 1 saturated heterocycles. The second-order valence-electron chi connectivity index (χ2n) is 6.70. The van der Waals surface area contributed by atoms with Crippen LogP contribution in [-0.4, -0.2) is 64.1 Å². The van der Waals surface area contributed by atoms with Crippen molar-refractivity contribution in [2.45, 2.75) is 32.1 Å². The Morgan fingerprint density at radius 3 is 2.88 bits per heavy atom. The molecule has 0 saturated carbocycles. The van der Waals surface area contributed by atoms with Gasteiger partial charge in [0.1, 0.15) is 12.6 Å². The van der Waals surface area contributed by atoms with Gasteiger partial charge in [0.2, 0.25) is 5.91 Å². The number of rotatable bonds is 6. The Labute approximate surface area is 147 Å². The number of nitrogens with zero attached hydrogens (tertiary/aromatic N) is 2. The van der Waals surface area contributed by atoms with Crippen LogP contribution in [0, 0.1) is 5.92 Å². The highest BCUT2D eigenvalue weighted by Gasteiger charge is 2.33. The van der Waals surface area contributed by atoms with E-state index in [0.717, 1.165) is 17.3 Å². The SMILES string of the molecule is CCCN(C[C@@H]1COC[C@@H](O)[C@H]1O)C(=O)Cn1ccc2ccccc21. The third-order valence-corrected chi connectivity index (χ3v) is 4.78. The third kappa shape index (κ3) is 4.03. The monoisotopic (exact) mass is 346 g/mol. The molecule has 1 aromatic carbocycles. The van der Waals surface area contributed by atoms with Gasteiger partial charge in [-0.25, -0.2) is 0 Å². The van der Waals surface area contributed by atoms with E-state index in [1.54, 1.807) is 4.90 Å². The maximum Gasteiger partial charge on any atom is 0.242 e. The highest BCUT2D eigenvalue weighted by atomic mass is 16.5. The zero-order valence-electron chi connectivity index (χ0n) is 14.5. The first-order chi connectivity index (χ1) is 12.1. The van der Waals surface area contributed by atoms with E-state index < -0.39 is 12.2 Å². The van der Waals surface area contributed by atoms with Crippen molar-refractivity contribution in [1.82, 2.24) is 9.47 Å². The molecule has 25 heavy (non-hydrogen) atoms. The van der Waals surface area contributed by atoms with Crippen LogP contribution in [0.2, 0.25) is 0 Å². The van der Waals surface area contributed by atoms with Gasteiger partial charge in [0.25, 0.3) is 0 Å². The fourth-order valence-corrected chi connectivity index (χ4v) is 3.41. The molecule has 0 unspecified atom stereocenters. The Morgan fingerprint density at radius 2 is 2.08 bits per heavy atom. The predicted molar refractivity (Wildman–Crippen MR) is 95.1 cm³/mol. The van der Waals surface area contributed by atoms with Gasteiger partial charge in [-0.05, 0) is 23.9 Å².